The van der Waals surface area contributed by atoms with E-state index < -0.39 is 6.09 Å². The third-order valence-corrected chi connectivity index (χ3v) is 3.43. The Morgan fingerprint density at radius 1 is 1.13 bits per heavy atom. The quantitative estimate of drug-likeness (QED) is 0.914. The second kappa shape index (κ2) is 7.49. The zero-order valence-corrected chi connectivity index (χ0v) is 13.7. The van der Waals surface area contributed by atoms with Crippen LogP contribution in [0.2, 0.25) is 0 Å². The van der Waals surface area contributed by atoms with Gasteiger partial charge in [-0.25, -0.2) is 4.79 Å². The van der Waals surface area contributed by atoms with Crippen molar-refractivity contribution in [1.29, 1.82) is 0 Å². The van der Waals surface area contributed by atoms with Gasteiger partial charge in [0.15, 0.2) is 0 Å². The first-order chi connectivity index (χ1) is 11.0. The van der Waals surface area contributed by atoms with Gasteiger partial charge in [-0.3, -0.25) is 10.3 Å². The maximum atomic E-state index is 11.8. The number of hydrogen-bond donors (Lipinski definition) is 1. The summed E-state index contributed by atoms with van der Waals surface area (Å²) in [7, 11) is 3.19. The maximum Gasteiger partial charge on any atom is 0.412 e. The summed E-state index contributed by atoms with van der Waals surface area (Å²) in [4.78, 5) is 16.1. The molecule has 1 aromatic heterocycles. The molecule has 0 aliphatic heterocycles. The number of nitrogens with zero attached hydrogens (tertiary/aromatic N) is 1. The van der Waals surface area contributed by atoms with E-state index in [0.717, 1.165) is 22.6 Å². The first-order valence-corrected chi connectivity index (χ1v) is 7.12. The number of carbonyl (C=O) groups is 1. The molecule has 0 fully saturated rings. The summed E-state index contributed by atoms with van der Waals surface area (Å²) in [5.41, 5.74) is 3.10. The summed E-state index contributed by atoms with van der Waals surface area (Å²) in [5.74, 6) is 1.48. The van der Waals surface area contributed by atoms with E-state index in [4.69, 9.17) is 14.2 Å². The molecule has 0 saturated heterocycles. The van der Waals surface area contributed by atoms with Crippen molar-refractivity contribution in [2.75, 3.05) is 19.5 Å². The molecular weight excluding hydrogens is 296 g/mol. The van der Waals surface area contributed by atoms with Gasteiger partial charge in [0, 0.05) is 23.0 Å². The van der Waals surface area contributed by atoms with E-state index in [2.05, 4.69) is 10.3 Å². The molecule has 1 heterocycles. The molecule has 1 amide bonds. The second-order valence-electron chi connectivity index (χ2n) is 4.98. The number of hydrogen-bond acceptors (Lipinski definition) is 5. The van der Waals surface area contributed by atoms with Crippen molar-refractivity contribution < 1.29 is 19.0 Å². The lowest BCUT2D eigenvalue weighted by atomic mass is 10.1. The Balaban J connectivity index is 1.96. The van der Waals surface area contributed by atoms with E-state index in [9.17, 15) is 4.79 Å². The predicted octanol–water partition coefficient (Wildman–Crippen LogP) is 3.46. The summed E-state index contributed by atoms with van der Waals surface area (Å²) in [6, 6.07) is 6.98. The number of pyridine rings is 1. The van der Waals surface area contributed by atoms with Crippen molar-refractivity contribution >= 4 is 11.8 Å². The van der Waals surface area contributed by atoms with Gasteiger partial charge in [0.05, 0.1) is 19.9 Å². The monoisotopic (exact) mass is 316 g/mol. The fourth-order valence-electron chi connectivity index (χ4n) is 2.18. The highest BCUT2D eigenvalue weighted by molar-refractivity contribution is 5.84. The molecule has 0 aliphatic rings. The number of ether oxygens (including phenoxy) is 3. The summed E-state index contributed by atoms with van der Waals surface area (Å²) in [5, 5.41) is 2.65. The van der Waals surface area contributed by atoms with Crippen LogP contribution in [-0.4, -0.2) is 25.3 Å². The number of amides is 1. The minimum Gasteiger partial charge on any atom is -0.497 e. The van der Waals surface area contributed by atoms with Crippen molar-refractivity contribution in [3.63, 3.8) is 0 Å². The molecule has 0 unspecified atom stereocenters. The number of aryl methyl sites for hydroxylation is 1. The lowest BCUT2D eigenvalue weighted by Crippen LogP contribution is -2.14. The molecule has 0 spiro atoms. The van der Waals surface area contributed by atoms with Crippen LogP contribution in [0.1, 0.15) is 16.8 Å². The molecule has 0 bridgehead atoms. The molecule has 1 aromatic carbocycles. The van der Waals surface area contributed by atoms with Crippen LogP contribution in [0.4, 0.5) is 10.5 Å². The fraction of sp³-hybridized carbons (Fsp3) is 0.294. The van der Waals surface area contributed by atoms with Gasteiger partial charge in [-0.15, -0.1) is 0 Å². The van der Waals surface area contributed by atoms with Gasteiger partial charge in [-0.1, -0.05) is 0 Å². The summed E-state index contributed by atoms with van der Waals surface area (Å²) >= 11 is 0. The highest BCUT2D eigenvalue weighted by atomic mass is 16.5. The Kier molecular flexibility index (Phi) is 5.41. The average molecular weight is 316 g/mol. The molecule has 0 atom stereocenters. The zero-order valence-electron chi connectivity index (χ0n) is 13.7. The van der Waals surface area contributed by atoms with Crippen LogP contribution in [0.15, 0.2) is 30.5 Å². The van der Waals surface area contributed by atoms with Crippen molar-refractivity contribution in [3.8, 4) is 11.5 Å². The van der Waals surface area contributed by atoms with Crippen LogP contribution in [0.25, 0.3) is 0 Å². The number of benzene rings is 1. The van der Waals surface area contributed by atoms with Gasteiger partial charge in [0.1, 0.15) is 18.1 Å². The molecular formula is C17H20N2O4. The van der Waals surface area contributed by atoms with Crippen LogP contribution >= 0.6 is 0 Å². The third-order valence-electron chi connectivity index (χ3n) is 3.43. The summed E-state index contributed by atoms with van der Waals surface area (Å²) in [6.45, 7) is 3.88. The molecule has 23 heavy (non-hydrogen) atoms. The van der Waals surface area contributed by atoms with Gasteiger partial charge < -0.3 is 14.2 Å². The lowest BCUT2D eigenvalue weighted by Gasteiger charge is -2.12. The van der Waals surface area contributed by atoms with Crippen LogP contribution in [0.5, 0.6) is 11.5 Å². The number of carbonyl (C=O) groups excluding carboxylic acids is 1. The maximum absolute atomic E-state index is 11.8. The SMILES string of the molecule is COc1ccc(NC(=O)OCc2ncc(C)c(OC)c2C)cc1. The minimum absolute atomic E-state index is 0.0739. The molecule has 2 rings (SSSR count). The topological polar surface area (TPSA) is 69.7 Å². The Bertz CT molecular complexity index is 684. The van der Waals surface area contributed by atoms with Gasteiger partial charge in [0.2, 0.25) is 0 Å². The number of methoxy groups -OCH3 is 2. The van der Waals surface area contributed by atoms with Gasteiger partial charge in [-0.05, 0) is 38.1 Å². The van der Waals surface area contributed by atoms with Crippen LogP contribution in [0, 0.1) is 13.8 Å². The van der Waals surface area contributed by atoms with Gasteiger partial charge >= 0.3 is 6.09 Å². The Morgan fingerprint density at radius 2 is 1.83 bits per heavy atom. The summed E-state index contributed by atoms with van der Waals surface area (Å²) < 4.78 is 15.6. The second-order valence-corrected chi connectivity index (χ2v) is 4.98. The van der Waals surface area contributed by atoms with Crippen LogP contribution in [0.3, 0.4) is 0 Å². The Labute approximate surface area is 135 Å². The zero-order chi connectivity index (χ0) is 16.8. The molecule has 6 heteroatoms. The predicted molar refractivity (Wildman–Crippen MR) is 87.1 cm³/mol. The molecule has 0 aliphatic carbocycles. The smallest absolute Gasteiger partial charge is 0.412 e. The largest absolute Gasteiger partial charge is 0.497 e. The highest BCUT2D eigenvalue weighted by Gasteiger charge is 2.11. The first kappa shape index (κ1) is 16.6. The molecule has 6 nitrogen and oxygen atoms in total. The van der Waals surface area contributed by atoms with E-state index in [1.165, 1.54) is 0 Å². The number of nitrogens with one attached hydrogen (secondary N) is 1. The van der Waals surface area contributed by atoms with E-state index in [1.54, 1.807) is 44.7 Å². The summed E-state index contributed by atoms with van der Waals surface area (Å²) in [6.07, 6.45) is 1.15. The standard InChI is InChI=1S/C17H20N2O4/c1-11-9-18-15(12(2)16(11)22-4)10-23-17(20)19-13-5-7-14(21-3)8-6-13/h5-9H,10H2,1-4H3,(H,19,20). The third kappa shape index (κ3) is 4.12. The Hall–Kier alpha value is -2.76. The normalized spacial score (nSPS) is 10.1. The minimum atomic E-state index is -0.545. The van der Waals surface area contributed by atoms with Gasteiger partial charge in [-0.2, -0.15) is 0 Å². The molecule has 1 N–H and O–H groups in total. The highest BCUT2D eigenvalue weighted by Crippen LogP contribution is 2.24. The van der Waals surface area contributed by atoms with E-state index in [1.807, 2.05) is 13.8 Å². The van der Waals surface area contributed by atoms with E-state index in [0.29, 0.717) is 11.4 Å². The van der Waals surface area contributed by atoms with Crippen LogP contribution in [-0.2, 0) is 11.3 Å². The van der Waals surface area contributed by atoms with Gasteiger partial charge in [0.25, 0.3) is 0 Å². The van der Waals surface area contributed by atoms with E-state index in [-0.39, 0.29) is 6.61 Å². The first-order valence-electron chi connectivity index (χ1n) is 7.12. The molecule has 122 valence electrons. The number of rotatable bonds is 5. The Morgan fingerprint density at radius 3 is 2.43 bits per heavy atom. The van der Waals surface area contributed by atoms with Crippen molar-refractivity contribution in [1.82, 2.24) is 4.98 Å². The van der Waals surface area contributed by atoms with Crippen molar-refractivity contribution in [2.45, 2.75) is 20.5 Å². The van der Waals surface area contributed by atoms with Crippen LogP contribution < -0.4 is 14.8 Å². The number of aromatic nitrogens is 1. The number of anilines is 1. The fourth-order valence-corrected chi connectivity index (χ4v) is 2.18. The average Bonchev–Trinajstić information content (AvgIpc) is 2.55. The molecule has 0 saturated carbocycles. The molecule has 0 radical (unpaired) electrons. The van der Waals surface area contributed by atoms with Crippen molar-refractivity contribution in [3.05, 3.63) is 47.3 Å². The van der Waals surface area contributed by atoms with E-state index >= 15 is 0 Å². The van der Waals surface area contributed by atoms with Crippen molar-refractivity contribution in [2.24, 2.45) is 0 Å². The lowest BCUT2D eigenvalue weighted by molar-refractivity contribution is 0.153. The molecule has 2 aromatic rings.